The van der Waals surface area contributed by atoms with Crippen molar-refractivity contribution in [3.05, 3.63) is 60.2 Å². The molecule has 0 spiro atoms. The molecule has 0 aromatic heterocycles. The van der Waals surface area contributed by atoms with Crippen LogP contribution in [-0.4, -0.2) is 63.2 Å². The summed E-state index contributed by atoms with van der Waals surface area (Å²) < 4.78 is 21.9. The van der Waals surface area contributed by atoms with E-state index in [2.05, 4.69) is 33.2 Å². The van der Waals surface area contributed by atoms with Gasteiger partial charge in [0.2, 0.25) is 0 Å². The molecular weight excluding hydrogens is 343 g/mol. The van der Waals surface area contributed by atoms with Crippen molar-refractivity contribution < 1.29 is 13.8 Å². The van der Waals surface area contributed by atoms with Gasteiger partial charge in [-0.15, -0.1) is 0 Å². The molecule has 0 saturated heterocycles. The first-order valence-electron chi connectivity index (χ1n) is 9.07. The normalized spacial score (nSPS) is 14.2. The van der Waals surface area contributed by atoms with Gasteiger partial charge in [0, 0.05) is 12.0 Å². The van der Waals surface area contributed by atoms with Crippen molar-refractivity contribution in [3.8, 4) is 5.75 Å². The van der Waals surface area contributed by atoms with Crippen LogP contribution >= 0.6 is 7.29 Å². The Kier molecular flexibility index (Phi) is 7.05. The Hall–Kier alpha value is -1.61. The Bertz CT molecular complexity index is 747. The Balaban J connectivity index is 1.84. The summed E-state index contributed by atoms with van der Waals surface area (Å²) in [6, 6.07) is 17.9. The lowest BCUT2D eigenvalue weighted by atomic mass is 10.2. The number of nitrogens with zero attached hydrogens (tertiary/aromatic N) is 2. The molecule has 26 heavy (non-hydrogen) atoms. The van der Waals surface area contributed by atoms with Gasteiger partial charge in [0.05, 0.1) is 27.2 Å². The molecule has 0 heterocycles. The zero-order valence-electron chi connectivity index (χ0n) is 16.7. The van der Waals surface area contributed by atoms with Gasteiger partial charge in [-0.2, -0.15) is 0 Å². The number of hydrogen-bond acceptors (Lipinski definition) is 2. The molecule has 142 valence electrons. The molecule has 0 fully saturated rings. The summed E-state index contributed by atoms with van der Waals surface area (Å²) in [6.07, 6.45) is 0. The molecule has 2 rings (SSSR count). The Morgan fingerprint density at radius 2 is 1.73 bits per heavy atom. The van der Waals surface area contributed by atoms with Crippen LogP contribution in [0.1, 0.15) is 5.56 Å². The highest BCUT2D eigenvalue weighted by Crippen LogP contribution is 2.42. The van der Waals surface area contributed by atoms with E-state index in [-0.39, 0.29) is 0 Å². The quantitative estimate of drug-likeness (QED) is 0.495. The van der Waals surface area contributed by atoms with Gasteiger partial charge in [-0.3, -0.25) is 0 Å². The van der Waals surface area contributed by atoms with Crippen LogP contribution in [0.2, 0.25) is 0 Å². The Labute approximate surface area is 158 Å². The summed E-state index contributed by atoms with van der Waals surface area (Å²) in [6.45, 7) is 7.18. The predicted octanol–water partition coefficient (Wildman–Crippen LogP) is 3.62. The SMILES string of the molecule is Cc1cccc(OCC[N+](C)(C)CCN(C)P(C)(=O)c2ccccc2)c1. The highest BCUT2D eigenvalue weighted by Gasteiger charge is 2.26. The van der Waals surface area contributed by atoms with Crippen molar-refractivity contribution in [1.82, 2.24) is 4.67 Å². The van der Waals surface area contributed by atoms with E-state index in [1.54, 1.807) is 0 Å². The summed E-state index contributed by atoms with van der Waals surface area (Å²) in [7, 11) is 3.83. The minimum Gasteiger partial charge on any atom is -0.488 e. The van der Waals surface area contributed by atoms with Crippen molar-refractivity contribution in [2.45, 2.75) is 6.92 Å². The van der Waals surface area contributed by atoms with Gasteiger partial charge in [-0.05, 0) is 31.7 Å². The van der Waals surface area contributed by atoms with Gasteiger partial charge in [-0.1, -0.05) is 42.5 Å². The van der Waals surface area contributed by atoms with E-state index in [1.807, 2.05) is 60.8 Å². The van der Waals surface area contributed by atoms with Crippen molar-refractivity contribution >= 4 is 12.6 Å². The number of likely N-dealkylation sites (N-methyl/N-ethyl adjacent to an activating group) is 2. The van der Waals surface area contributed by atoms with Crippen LogP contribution in [-0.2, 0) is 4.57 Å². The highest BCUT2D eigenvalue weighted by atomic mass is 31.2. The fraction of sp³-hybridized carbons (Fsp3) is 0.429. The minimum absolute atomic E-state index is 0.669. The maximum Gasteiger partial charge on any atom is 0.175 e. The lowest BCUT2D eigenvalue weighted by Crippen LogP contribution is -2.47. The largest absolute Gasteiger partial charge is 0.488 e. The van der Waals surface area contributed by atoms with Gasteiger partial charge >= 0.3 is 0 Å². The third-order valence-corrected chi connectivity index (χ3v) is 7.63. The summed E-state index contributed by atoms with van der Waals surface area (Å²) >= 11 is 0. The van der Waals surface area contributed by atoms with Crippen LogP contribution in [0, 0.1) is 6.92 Å². The Morgan fingerprint density at radius 1 is 1.04 bits per heavy atom. The number of hydrogen-bond donors (Lipinski definition) is 0. The zero-order chi connectivity index (χ0) is 19.2. The van der Waals surface area contributed by atoms with E-state index < -0.39 is 7.29 Å². The van der Waals surface area contributed by atoms with Crippen LogP contribution < -0.4 is 10.0 Å². The van der Waals surface area contributed by atoms with E-state index in [0.29, 0.717) is 6.61 Å². The van der Waals surface area contributed by atoms with Crippen molar-refractivity contribution in [2.24, 2.45) is 0 Å². The van der Waals surface area contributed by atoms with Crippen LogP contribution in [0.25, 0.3) is 0 Å². The number of ether oxygens (including phenoxy) is 1. The van der Waals surface area contributed by atoms with Gasteiger partial charge in [0.25, 0.3) is 0 Å². The molecule has 2 aromatic rings. The van der Waals surface area contributed by atoms with Crippen LogP contribution in [0.15, 0.2) is 54.6 Å². The number of quaternary nitrogens is 1. The molecule has 1 atom stereocenters. The molecule has 0 aliphatic heterocycles. The van der Waals surface area contributed by atoms with Gasteiger partial charge in [0.15, 0.2) is 7.29 Å². The van der Waals surface area contributed by atoms with Crippen LogP contribution in [0.3, 0.4) is 0 Å². The van der Waals surface area contributed by atoms with E-state index in [1.165, 1.54) is 5.56 Å². The number of aryl methyl sites for hydroxylation is 1. The average Bonchev–Trinajstić information content (AvgIpc) is 2.60. The molecule has 0 aliphatic rings. The van der Waals surface area contributed by atoms with Gasteiger partial charge in [0.1, 0.15) is 18.9 Å². The molecule has 2 aromatic carbocycles. The smallest absolute Gasteiger partial charge is 0.175 e. The molecule has 1 unspecified atom stereocenters. The van der Waals surface area contributed by atoms with Crippen LogP contribution in [0.5, 0.6) is 5.75 Å². The first-order valence-corrected chi connectivity index (χ1v) is 11.2. The third kappa shape index (κ3) is 5.98. The van der Waals surface area contributed by atoms with Gasteiger partial charge in [-0.25, -0.2) is 4.67 Å². The average molecular weight is 375 g/mol. The predicted molar refractivity (Wildman–Crippen MR) is 111 cm³/mol. The highest BCUT2D eigenvalue weighted by molar-refractivity contribution is 7.68. The van der Waals surface area contributed by atoms with Crippen molar-refractivity contribution in [1.29, 1.82) is 0 Å². The van der Waals surface area contributed by atoms with E-state index in [4.69, 9.17) is 4.74 Å². The third-order valence-electron chi connectivity index (χ3n) is 4.87. The maximum atomic E-state index is 13.2. The summed E-state index contributed by atoms with van der Waals surface area (Å²) in [5.41, 5.74) is 1.21. The zero-order valence-corrected chi connectivity index (χ0v) is 17.6. The number of rotatable bonds is 9. The second kappa shape index (κ2) is 8.85. The molecule has 0 bridgehead atoms. The van der Waals surface area contributed by atoms with Crippen molar-refractivity contribution in [3.63, 3.8) is 0 Å². The molecular formula is C21H32N2O2P+. The second-order valence-corrected chi connectivity index (χ2v) is 10.6. The van der Waals surface area contributed by atoms with Crippen LogP contribution in [0.4, 0.5) is 0 Å². The molecule has 0 amide bonds. The fourth-order valence-electron chi connectivity index (χ4n) is 2.74. The molecule has 0 saturated carbocycles. The van der Waals surface area contributed by atoms with E-state index >= 15 is 0 Å². The molecule has 4 nitrogen and oxygen atoms in total. The monoisotopic (exact) mass is 375 g/mol. The minimum atomic E-state index is -2.51. The standard InChI is InChI=1S/C21H32N2O2P/c1-19-10-9-11-20(18-19)25-17-16-23(3,4)15-14-22(2)26(5,24)21-12-7-6-8-13-21/h6-13,18H,14-17H2,1-5H3/q+1. The molecule has 5 heteroatoms. The summed E-state index contributed by atoms with van der Waals surface area (Å²) in [4.78, 5) is 0. The topological polar surface area (TPSA) is 29.5 Å². The van der Waals surface area contributed by atoms with E-state index in [0.717, 1.165) is 35.2 Å². The summed E-state index contributed by atoms with van der Waals surface area (Å²) in [5, 5.41) is 0.913. The molecule has 0 N–H and O–H groups in total. The molecule has 0 aliphatic carbocycles. The summed E-state index contributed by atoms with van der Waals surface area (Å²) in [5.74, 6) is 0.921. The lowest BCUT2D eigenvalue weighted by molar-refractivity contribution is -0.889. The number of benzene rings is 2. The first-order chi connectivity index (χ1) is 12.2. The lowest BCUT2D eigenvalue weighted by Gasteiger charge is -2.33. The maximum absolute atomic E-state index is 13.2. The fourth-order valence-corrected chi connectivity index (χ4v) is 4.33. The first kappa shape index (κ1) is 20.7. The second-order valence-electron chi connectivity index (χ2n) is 7.64. The van der Waals surface area contributed by atoms with Gasteiger partial charge < -0.3 is 13.8 Å². The molecule has 0 radical (unpaired) electrons. The van der Waals surface area contributed by atoms with Crippen molar-refractivity contribution in [2.75, 3.05) is 54.0 Å². The Morgan fingerprint density at radius 3 is 2.38 bits per heavy atom. The van der Waals surface area contributed by atoms with E-state index in [9.17, 15) is 4.57 Å².